The summed E-state index contributed by atoms with van der Waals surface area (Å²) in [6.07, 6.45) is 0.525. The molecule has 0 spiro atoms. The van der Waals surface area contributed by atoms with Crippen LogP contribution in [0, 0.1) is 0 Å². The first-order chi connectivity index (χ1) is 12.1. The van der Waals surface area contributed by atoms with Crippen LogP contribution >= 0.6 is 15.9 Å². The molecule has 1 heterocycles. The average Bonchev–Trinajstić information content (AvgIpc) is 2.62. The standard InChI is InChI=1S/C18H20BrN5O/c19-14-7-9-15(10-8-14)25-12-4-11-24-16(13-5-2-1-3-6-13)22-17(20)23-18(24)21/h1-3,5-10,16H,4,11-12H2,(H4,20,21,22,23). The zero-order chi connectivity index (χ0) is 17.6. The fourth-order valence-corrected chi connectivity index (χ4v) is 2.87. The molecule has 0 fully saturated rings. The van der Waals surface area contributed by atoms with Gasteiger partial charge in [-0.25, -0.2) is 4.99 Å². The van der Waals surface area contributed by atoms with E-state index in [1.54, 1.807) is 0 Å². The van der Waals surface area contributed by atoms with Crippen molar-refractivity contribution in [3.8, 4) is 5.75 Å². The Bertz CT molecular complexity index is 761. The van der Waals surface area contributed by atoms with Crippen molar-refractivity contribution < 1.29 is 4.74 Å². The van der Waals surface area contributed by atoms with Gasteiger partial charge in [-0.1, -0.05) is 46.3 Å². The predicted octanol–water partition coefficient (Wildman–Crippen LogP) is 2.86. The lowest BCUT2D eigenvalue weighted by molar-refractivity contribution is 0.258. The molecule has 0 aromatic heterocycles. The highest BCUT2D eigenvalue weighted by molar-refractivity contribution is 9.10. The van der Waals surface area contributed by atoms with Gasteiger partial charge in [-0.3, -0.25) is 0 Å². The first-order valence-corrected chi connectivity index (χ1v) is 8.80. The number of halogens is 1. The van der Waals surface area contributed by atoms with E-state index in [1.807, 2.05) is 59.5 Å². The van der Waals surface area contributed by atoms with E-state index in [1.165, 1.54) is 0 Å². The summed E-state index contributed by atoms with van der Waals surface area (Å²) in [7, 11) is 0. The van der Waals surface area contributed by atoms with Crippen molar-refractivity contribution in [1.29, 1.82) is 0 Å². The molecule has 1 atom stereocenters. The van der Waals surface area contributed by atoms with Crippen molar-refractivity contribution in [3.63, 3.8) is 0 Å². The normalized spacial score (nSPS) is 17.0. The molecule has 25 heavy (non-hydrogen) atoms. The van der Waals surface area contributed by atoms with Gasteiger partial charge in [0.05, 0.1) is 6.61 Å². The molecule has 2 aromatic rings. The fourth-order valence-electron chi connectivity index (χ4n) is 2.60. The van der Waals surface area contributed by atoms with Crippen LogP contribution in [0.5, 0.6) is 5.75 Å². The van der Waals surface area contributed by atoms with E-state index in [0.29, 0.717) is 19.1 Å². The Morgan fingerprint density at radius 1 is 1.04 bits per heavy atom. The highest BCUT2D eigenvalue weighted by Gasteiger charge is 2.25. The fraction of sp³-hybridized carbons (Fsp3) is 0.222. The minimum absolute atomic E-state index is 0.203. The third kappa shape index (κ3) is 4.51. The van der Waals surface area contributed by atoms with E-state index in [0.717, 1.165) is 22.2 Å². The van der Waals surface area contributed by atoms with Crippen molar-refractivity contribution in [1.82, 2.24) is 4.90 Å². The first-order valence-electron chi connectivity index (χ1n) is 8.01. The van der Waals surface area contributed by atoms with Gasteiger partial charge in [0.2, 0.25) is 11.9 Å². The van der Waals surface area contributed by atoms with Crippen LogP contribution in [0.2, 0.25) is 0 Å². The second kappa shape index (κ2) is 8.02. The van der Waals surface area contributed by atoms with E-state index in [2.05, 4.69) is 25.9 Å². The summed E-state index contributed by atoms with van der Waals surface area (Å²) in [6, 6.07) is 17.7. The highest BCUT2D eigenvalue weighted by Crippen LogP contribution is 2.24. The molecule has 7 heteroatoms. The number of nitrogens with two attached hydrogens (primary N) is 2. The van der Waals surface area contributed by atoms with E-state index < -0.39 is 0 Å². The minimum atomic E-state index is -0.258. The maximum atomic E-state index is 6.08. The number of guanidine groups is 2. The van der Waals surface area contributed by atoms with Gasteiger partial charge >= 0.3 is 0 Å². The van der Waals surface area contributed by atoms with Crippen LogP contribution in [-0.2, 0) is 0 Å². The molecular formula is C18H20BrN5O. The summed E-state index contributed by atoms with van der Waals surface area (Å²) in [5, 5.41) is 0. The number of hydrogen-bond donors (Lipinski definition) is 2. The monoisotopic (exact) mass is 401 g/mol. The molecule has 130 valence electrons. The Kier molecular flexibility index (Phi) is 5.55. The van der Waals surface area contributed by atoms with Gasteiger partial charge in [-0.2, -0.15) is 4.99 Å². The van der Waals surface area contributed by atoms with E-state index >= 15 is 0 Å². The molecule has 0 aliphatic carbocycles. The van der Waals surface area contributed by atoms with Gasteiger partial charge in [0.15, 0.2) is 6.17 Å². The smallest absolute Gasteiger partial charge is 0.220 e. The van der Waals surface area contributed by atoms with E-state index in [-0.39, 0.29) is 12.1 Å². The predicted molar refractivity (Wildman–Crippen MR) is 103 cm³/mol. The van der Waals surface area contributed by atoms with E-state index in [9.17, 15) is 0 Å². The second-order valence-corrected chi connectivity index (χ2v) is 6.51. The Morgan fingerprint density at radius 2 is 1.76 bits per heavy atom. The maximum absolute atomic E-state index is 6.08. The number of hydrogen-bond acceptors (Lipinski definition) is 6. The molecule has 1 aliphatic rings. The topological polar surface area (TPSA) is 89.2 Å². The number of benzene rings is 2. The number of rotatable bonds is 6. The van der Waals surface area contributed by atoms with Gasteiger partial charge in [0.25, 0.3) is 0 Å². The summed E-state index contributed by atoms with van der Waals surface area (Å²) in [4.78, 5) is 10.5. The van der Waals surface area contributed by atoms with Crippen LogP contribution in [0.3, 0.4) is 0 Å². The largest absolute Gasteiger partial charge is 0.494 e. The molecule has 0 saturated heterocycles. The van der Waals surface area contributed by atoms with Crippen LogP contribution in [0.25, 0.3) is 0 Å². The van der Waals surface area contributed by atoms with Crippen LogP contribution in [-0.4, -0.2) is 30.0 Å². The van der Waals surface area contributed by atoms with E-state index in [4.69, 9.17) is 16.2 Å². The molecule has 2 aromatic carbocycles. The highest BCUT2D eigenvalue weighted by atomic mass is 79.9. The first kappa shape index (κ1) is 17.3. The second-order valence-electron chi connectivity index (χ2n) is 5.59. The zero-order valence-electron chi connectivity index (χ0n) is 13.7. The molecule has 1 unspecified atom stereocenters. The zero-order valence-corrected chi connectivity index (χ0v) is 15.3. The van der Waals surface area contributed by atoms with Crippen molar-refractivity contribution in [2.45, 2.75) is 12.6 Å². The number of aliphatic imine (C=N–C) groups is 2. The maximum Gasteiger partial charge on any atom is 0.220 e. The molecule has 0 amide bonds. The van der Waals surface area contributed by atoms with Gasteiger partial charge in [0, 0.05) is 11.0 Å². The SMILES string of the molecule is NC1=NC(c2ccccc2)N(CCCOc2ccc(Br)cc2)C(N)=N1. The molecule has 0 radical (unpaired) electrons. The summed E-state index contributed by atoms with van der Waals surface area (Å²) in [5.41, 5.74) is 12.9. The van der Waals surface area contributed by atoms with Crippen molar-refractivity contribution >= 4 is 27.8 Å². The van der Waals surface area contributed by atoms with Crippen molar-refractivity contribution in [3.05, 3.63) is 64.6 Å². The van der Waals surface area contributed by atoms with Crippen molar-refractivity contribution in [2.24, 2.45) is 21.5 Å². The number of nitrogens with zero attached hydrogens (tertiary/aromatic N) is 3. The molecular weight excluding hydrogens is 382 g/mol. The van der Waals surface area contributed by atoms with Crippen LogP contribution in [0.15, 0.2) is 69.1 Å². The van der Waals surface area contributed by atoms with Gasteiger partial charge in [-0.15, -0.1) is 0 Å². The van der Waals surface area contributed by atoms with Crippen LogP contribution in [0.1, 0.15) is 18.2 Å². The summed E-state index contributed by atoms with van der Waals surface area (Å²) < 4.78 is 6.79. The average molecular weight is 402 g/mol. The summed E-state index contributed by atoms with van der Waals surface area (Å²) >= 11 is 3.41. The molecule has 4 N–H and O–H groups in total. The molecule has 1 aliphatic heterocycles. The molecule has 3 rings (SSSR count). The number of ether oxygens (including phenoxy) is 1. The lowest BCUT2D eigenvalue weighted by Gasteiger charge is -2.32. The Morgan fingerprint density at radius 3 is 2.48 bits per heavy atom. The van der Waals surface area contributed by atoms with Crippen molar-refractivity contribution in [2.75, 3.05) is 13.2 Å². The van der Waals surface area contributed by atoms with Crippen LogP contribution < -0.4 is 16.2 Å². The van der Waals surface area contributed by atoms with Gasteiger partial charge in [-0.05, 0) is 36.2 Å². The van der Waals surface area contributed by atoms with Gasteiger partial charge in [0.1, 0.15) is 5.75 Å². The van der Waals surface area contributed by atoms with Gasteiger partial charge < -0.3 is 21.1 Å². The molecule has 0 saturated carbocycles. The third-order valence-electron chi connectivity index (χ3n) is 3.80. The molecule has 6 nitrogen and oxygen atoms in total. The Hall–Kier alpha value is -2.54. The minimum Gasteiger partial charge on any atom is -0.494 e. The molecule has 0 bridgehead atoms. The summed E-state index contributed by atoms with van der Waals surface area (Å²) in [5.74, 6) is 1.42. The summed E-state index contributed by atoms with van der Waals surface area (Å²) in [6.45, 7) is 1.24. The lowest BCUT2D eigenvalue weighted by Crippen LogP contribution is -2.44. The van der Waals surface area contributed by atoms with Crippen LogP contribution in [0.4, 0.5) is 0 Å². The lowest BCUT2D eigenvalue weighted by atomic mass is 10.1. The quantitative estimate of drug-likeness (QED) is 0.728. The third-order valence-corrected chi connectivity index (χ3v) is 4.33. The Labute approximate surface area is 155 Å². The Balaban J connectivity index is 1.61.